The fourth-order valence-corrected chi connectivity index (χ4v) is 5.09. The van der Waals surface area contributed by atoms with Crippen molar-refractivity contribution in [2.75, 3.05) is 0 Å². The molecule has 0 radical (unpaired) electrons. The van der Waals surface area contributed by atoms with Gasteiger partial charge in [0.25, 0.3) is 0 Å². The van der Waals surface area contributed by atoms with Crippen molar-refractivity contribution in [1.82, 2.24) is 10.0 Å². The summed E-state index contributed by atoms with van der Waals surface area (Å²) in [5.74, 6) is -0.263. The fourth-order valence-electron chi connectivity index (χ4n) is 3.63. The Morgan fingerprint density at radius 2 is 1.59 bits per heavy atom. The van der Waals surface area contributed by atoms with E-state index < -0.39 is 16.1 Å². The molecule has 0 bridgehead atoms. The Morgan fingerprint density at radius 1 is 0.966 bits per heavy atom. The third-order valence-electron chi connectivity index (χ3n) is 5.22. The normalized spacial score (nSPS) is 16.7. The van der Waals surface area contributed by atoms with Gasteiger partial charge in [0.15, 0.2) is 0 Å². The van der Waals surface area contributed by atoms with Crippen LogP contribution in [0.2, 0.25) is 0 Å². The van der Waals surface area contributed by atoms with Crippen LogP contribution in [0.4, 0.5) is 0 Å². The minimum Gasteiger partial charge on any atom is -0.352 e. The third kappa shape index (κ3) is 6.66. The lowest BCUT2D eigenvalue weighted by Crippen LogP contribution is -2.50. The molecule has 0 unspecified atom stereocenters. The van der Waals surface area contributed by atoms with Gasteiger partial charge >= 0.3 is 0 Å². The molecule has 0 saturated heterocycles. The van der Waals surface area contributed by atoms with Gasteiger partial charge in [-0.15, -0.1) is 0 Å². The van der Waals surface area contributed by atoms with Crippen molar-refractivity contribution in [3.63, 3.8) is 0 Å². The monoisotopic (exact) mass is 478 g/mol. The van der Waals surface area contributed by atoms with E-state index in [-0.39, 0.29) is 16.8 Å². The molecule has 29 heavy (non-hydrogen) atoms. The number of carbonyl (C=O) groups is 1. The molecule has 2 N–H and O–H groups in total. The predicted octanol–water partition coefficient (Wildman–Crippen LogP) is 4.18. The number of nitrogens with one attached hydrogen (secondary N) is 2. The van der Waals surface area contributed by atoms with E-state index in [1.807, 2.05) is 30.3 Å². The topological polar surface area (TPSA) is 75.3 Å². The Morgan fingerprint density at radius 3 is 2.21 bits per heavy atom. The van der Waals surface area contributed by atoms with Gasteiger partial charge in [-0.2, -0.15) is 4.72 Å². The molecule has 1 amide bonds. The first-order valence-corrected chi connectivity index (χ1v) is 12.3. The molecule has 0 heterocycles. The molecule has 0 spiro atoms. The zero-order chi connectivity index (χ0) is 20.7. The van der Waals surface area contributed by atoms with E-state index in [1.165, 1.54) is 25.0 Å². The van der Waals surface area contributed by atoms with Crippen molar-refractivity contribution in [3.05, 3.63) is 64.6 Å². The summed E-state index contributed by atoms with van der Waals surface area (Å²) < 4.78 is 29.2. The number of rotatable bonds is 7. The summed E-state index contributed by atoms with van der Waals surface area (Å²) >= 11 is 3.31. The van der Waals surface area contributed by atoms with E-state index in [1.54, 1.807) is 12.1 Å². The van der Waals surface area contributed by atoms with Crippen LogP contribution in [0.15, 0.2) is 64.0 Å². The molecule has 7 heteroatoms. The van der Waals surface area contributed by atoms with Crippen LogP contribution in [-0.4, -0.2) is 26.4 Å². The first-order chi connectivity index (χ1) is 13.9. The van der Waals surface area contributed by atoms with Crippen LogP contribution >= 0.6 is 15.9 Å². The molecule has 1 aliphatic rings. The van der Waals surface area contributed by atoms with Gasteiger partial charge in [0.2, 0.25) is 15.9 Å². The molecule has 0 aromatic heterocycles. The minimum absolute atomic E-state index is 0.112. The van der Waals surface area contributed by atoms with E-state index in [2.05, 4.69) is 26.0 Å². The molecule has 1 fully saturated rings. The van der Waals surface area contributed by atoms with Gasteiger partial charge < -0.3 is 5.32 Å². The number of hydrogen-bond acceptors (Lipinski definition) is 3. The number of hydrogen-bond donors (Lipinski definition) is 2. The summed E-state index contributed by atoms with van der Waals surface area (Å²) in [5.41, 5.74) is 0.909. The molecule has 0 aliphatic heterocycles. The van der Waals surface area contributed by atoms with Gasteiger partial charge in [0, 0.05) is 10.5 Å². The first kappa shape index (κ1) is 22.0. The van der Waals surface area contributed by atoms with E-state index in [4.69, 9.17) is 0 Å². The van der Waals surface area contributed by atoms with Crippen LogP contribution in [0.5, 0.6) is 0 Å². The Bertz CT molecular complexity index is 893. The Kier molecular flexibility index (Phi) is 7.86. The zero-order valence-corrected chi connectivity index (χ0v) is 18.7. The summed E-state index contributed by atoms with van der Waals surface area (Å²) in [5, 5.41) is 3.09. The molecule has 2 aromatic rings. The Labute approximate surface area is 181 Å². The molecule has 156 valence electrons. The van der Waals surface area contributed by atoms with Crippen LogP contribution in [0.25, 0.3) is 0 Å². The van der Waals surface area contributed by atoms with Crippen LogP contribution < -0.4 is 10.0 Å². The molecule has 3 rings (SSSR count). The second-order valence-electron chi connectivity index (χ2n) is 7.51. The van der Waals surface area contributed by atoms with Crippen LogP contribution in [0.3, 0.4) is 0 Å². The molecular weight excluding hydrogens is 452 g/mol. The Balaban J connectivity index is 1.78. The molecule has 5 nitrogen and oxygen atoms in total. The highest BCUT2D eigenvalue weighted by Gasteiger charge is 2.27. The van der Waals surface area contributed by atoms with Gasteiger partial charge in [0.05, 0.1) is 4.90 Å². The smallest absolute Gasteiger partial charge is 0.241 e. The second-order valence-corrected chi connectivity index (χ2v) is 10.1. The van der Waals surface area contributed by atoms with E-state index >= 15 is 0 Å². The largest absolute Gasteiger partial charge is 0.352 e. The summed E-state index contributed by atoms with van der Waals surface area (Å²) in [6, 6.07) is 15.1. The third-order valence-corrected chi connectivity index (χ3v) is 7.24. The molecule has 1 aliphatic carbocycles. The minimum atomic E-state index is -3.82. The van der Waals surface area contributed by atoms with Crippen molar-refractivity contribution in [2.45, 2.75) is 61.9 Å². The maximum Gasteiger partial charge on any atom is 0.241 e. The number of carbonyl (C=O) groups excluding carboxylic acids is 1. The van der Waals surface area contributed by atoms with Crippen molar-refractivity contribution in [3.8, 4) is 0 Å². The van der Waals surface area contributed by atoms with E-state index in [0.717, 1.165) is 35.7 Å². The van der Waals surface area contributed by atoms with Gasteiger partial charge in [-0.25, -0.2) is 8.42 Å². The van der Waals surface area contributed by atoms with Crippen LogP contribution in [0, 0.1) is 0 Å². The molecule has 1 atom stereocenters. The van der Waals surface area contributed by atoms with Crippen LogP contribution in [0.1, 0.15) is 44.1 Å². The molecule has 1 saturated carbocycles. The van der Waals surface area contributed by atoms with Crippen molar-refractivity contribution < 1.29 is 13.2 Å². The number of benzene rings is 2. The highest BCUT2D eigenvalue weighted by Crippen LogP contribution is 2.19. The van der Waals surface area contributed by atoms with Gasteiger partial charge in [-0.1, -0.05) is 71.9 Å². The van der Waals surface area contributed by atoms with Crippen molar-refractivity contribution in [1.29, 1.82) is 0 Å². The number of sulfonamides is 1. The maximum absolute atomic E-state index is 13.0. The van der Waals surface area contributed by atoms with Crippen molar-refractivity contribution >= 4 is 31.9 Å². The molecule has 2 aromatic carbocycles. The summed E-state index contributed by atoms with van der Waals surface area (Å²) in [6.07, 6.45) is 6.77. The first-order valence-electron chi connectivity index (χ1n) is 10.1. The average Bonchev–Trinajstić information content (AvgIpc) is 2.97. The lowest BCUT2D eigenvalue weighted by molar-refractivity contribution is -0.123. The summed E-state index contributed by atoms with van der Waals surface area (Å²) in [6.45, 7) is 0. The fraction of sp³-hybridized carbons (Fsp3) is 0.409. The highest BCUT2D eigenvalue weighted by molar-refractivity contribution is 9.10. The van der Waals surface area contributed by atoms with Gasteiger partial charge in [-0.3, -0.25) is 4.79 Å². The van der Waals surface area contributed by atoms with Crippen LogP contribution in [-0.2, 0) is 21.2 Å². The molecular formula is C22H27BrN2O3S. The van der Waals surface area contributed by atoms with E-state index in [9.17, 15) is 13.2 Å². The van der Waals surface area contributed by atoms with Crippen molar-refractivity contribution in [2.24, 2.45) is 0 Å². The maximum atomic E-state index is 13.0. The van der Waals surface area contributed by atoms with Gasteiger partial charge in [0.1, 0.15) is 6.04 Å². The summed E-state index contributed by atoms with van der Waals surface area (Å²) in [7, 11) is -3.82. The van der Waals surface area contributed by atoms with Gasteiger partial charge in [-0.05, 0) is 49.1 Å². The SMILES string of the molecule is O=C(NC1CCCCCC1)[C@@H](Cc1ccccc1)NS(=O)(=O)c1ccc(Br)cc1. The Hall–Kier alpha value is -1.70. The zero-order valence-electron chi connectivity index (χ0n) is 16.3. The lowest BCUT2D eigenvalue weighted by Gasteiger charge is -2.23. The highest BCUT2D eigenvalue weighted by atomic mass is 79.9. The van der Waals surface area contributed by atoms with E-state index in [0.29, 0.717) is 6.42 Å². The number of halogens is 1. The number of amides is 1. The summed E-state index contributed by atoms with van der Waals surface area (Å²) in [4.78, 5) is 13.2. The lowest BCUT2D eigenvalue weighted by atomic mass is 10.0. The predicted molar refractivity (Wildman–Crippen MR) is 118 cm³/mol. The standard InChI is InChI=1S/C22H27BrN2O3S/c23-18-12-14-20(15-13-18)29(27,28)25-21(16-17-8-4-3-5-9-17)22(26)24-19-10-6-1-2-7-11-19/h3-5,8-9,12-15,19,21,25H,1-2,6-7,10-11,16H2,(H,24,26)/t21-/m1/s1. The average molecular weight is 479 g/mol. The second kappa shape index (κ2) is 10.4. The quantitative estimate of drug-likeness (QED) is 0.586.